The van der Waals surface area contributed by atoms with Crippen LogP contribution in [0.15, 0.2) is 24.3 Å². The van der Waals surface area contributed by atoms with Gasteiger partial charge in [0, 0.05) is 18.8 Å². The summed E-state index contributed by atoms with van der Waals surface area (Å²) in [5.74, 6) is -0.0415. The second-order valence-electron chi connectivity index (χ2n) is 5.00. The number of carbonyl (C=O) groups excluding carboxylic acids is 2. The fourth-order valence-electron chi connectivity index (χ4n) is 2.67. The number of hydrogen-bond acceptors (Lipinski definition) is 3. The minimum Gasteiger partial charge on any atom is -0.373 e. The molecule has 0 aliphatic carbocycles. The first kappa shape index (κ1) is 12.0. The second-order valence-corrected chi connectivity index (χ2v) is 5.00. The molecule has 3 rings (SSSR count). The summed E-state index contributed by atoms with van der Waals surface area (Å²) in [6.45, 7) is 1.33. The first-order valence-electron chi connectivity index (χ1n) is 6.64. The quantitative estimate of drug-likeness (QED) is 0.766. The molecule has 5 heteroatoms. The Morgan fingerprint density at radius 1 is 1.32 bits per heavy atom. The van der Waals surface area contributed by atoms with Crippen molar-refractivity contribution in [3.63, 3.8) is 0 Å². The molecule has 19 heavy (non-hydrogen) atoms. The van der Waals surface area contributed by atoms with E-state index in [1.54, 1.807) is 4.90 Å². The lowest BCUT2D eigenvalue weighted by Gasteiger charge is -2.33. The van der Waals surface area contributed by atoms with Crippen LogP contribution in [0.4, 0.5) is 5.69 Å². The van der Waals surface area contributed by atoms with Gasteiger partial charge in [0.15, 0.2) is 0 Å². The van der Waals surface area contributed by atoms with E-state index in [1.165, 1.54) is 5.56 Å². The van der Waals surface area contributed by atoms with Gasteiger partial charge in [0.05, 0.1) is 6.54 Å². The monoisotopic (exact) mass is 259 g/mol. The minimum atomic E-state index is -0.208. The minimum absolute atomic E-state index is 0.0318. The van der Waals surface area contributed by atoms with E-state index in [4.69, 9.17) is 0 Å². The van der Waals surface area contributed by atoms with Crippen LogP contribution in [0.5, 0.6) is 0 Å². The number of carbonyl (C=O) groups is 2. The molecule has 5 nitrogen and oxygen atoms in total. The highest BCUT2D eigenvalue weighted by Gasteiger charge is 2.30. The highest BCUT2D eigenvalue weighted by molar-refractivity contribution is 5.90. The van der Waals surface area contributed by atoms with Gasteiger partial charge in [-0.3, -0.25) is 9.59 Å². The van der Waals surface area contributed by atoms with Crippen molar-refractivity contribution in [2.24, 2.45) is 0 Å². The van der Waals surface area contributed by atoms with Crippen molar-refractivity contribution in [2.45, 2.75) is 18.9 Å². The molecule has 2 aliphatic rings. The molecule has 1 fully saturated rings. The summed E-state index contributed by atoms with van der Waals surface area (Å²) in [5, 5.41) is 6.02. The van der Waals surface area contributed by atoms with Crippen LogP contribution in [0.2, 0.25) is 0 Å². The van der Waals surface area contributed by atoms with Gasteiger partial charge >= 0.3 is 0 Å². The van der Waals surface area contributed by atoms with E-state index in [0.717, 1.165) is 18.5 Å². The molecule has 1 unspecified atom stereocenters. The van der Waals surface area contributed by atoms with E-state index >= 15 is 0 Å². The van der Waals surface area contributed by atoms with Gasteiger partial charge in [0.25, 0.3) is 0 Å². The van der Waals surface area contributed by atoms with Gasteiger partial charge in [-0.05, 0) is 24.5 Å². The van der Waals surface area contributed by atoms with Crippen molar-refractivity contribution in [1.29, 1.82) is 0 Å². The molecule has 0 saturated carbocycles. The highest BCUT2D eigenvalue weighted by Crippen LogP contribution is 2.25. The predicted molar refractivity (Wildman–Crippen MR) is 71.8 cm³/mol. The molecular formula is C14H17N3O2. The smallest absolute Gasteiger partial charge is 0.245 e. The molecule has 2 amide bonds. The van der Waals surface area contributed by atoms with E-state index < -0.39 is 0 Å². The van der Waals surface area contributed by atoms with E-state index in [1.807, 2.05) is 18.2 Å². The van der Waals surface area contributed by atoms with Crippen LogP contribution >= 0.6 is 0 Å². The Kier molecular flexibility index (Phi) is 3.11. The molecule has 1 aromatic carbocycles. The van der Waals surface area contributed by atoms with Gasteiger partial charge in [0.1, 0.15) is 6.04 Å². The van der Waals surface area contributed by atoms with Crippen LogP contribution in [0.1, 0.15) is 12.0 Å². The zero-order valence-corrected chi connectivity index (χ0v) is 10.7. The molecule has 0 bridgehead atoms. The Hall–Kier alpha value is -2.04. The first-order chi connectivity index (χ1) is 9.24. The standard InChI is InChI=1S/C14H17N3O2/c18-13-9-17(8-7-15-13)14(19)12-6-5-10-3-1-2-4-11(10)16-12/h1-4,12,16H,5-9H2,(H,15,18). The molecular weight excluding hydrogens is 242 g/mol. The predicted octanol–water partition coefficient (Wildman–Crippen LogP) is 0.372. The number of aryl methyl sites for hydroxylation is 1. The van der Waals surface area contributed by atoms with Crippen LogP contribution in [0, 0.1) is 0 Å². The number of para-hydroxylation sites is 1. The van der Waals surface area contributed by atoms with Crippen LogP contribution in [0.25, 0.3) is 0 Å². The number of amides is 2. The summed E-state index contributed by atoms with van der Waals surface area (Å²) in [4.78, 5) is 25.4. The number of fused-ring (bicyclic) bond motifs is 1. The number of hydrogen-bond donors (Lipinski definition) is 2. The second kappa shape index (κ2) is 4.91. The maximum absolute atomic E-state index is 12.4. The Balaban J connectivity index is 1.70. The fraction of sp³-hybridized carbons (Fsp3) is 0.429. The van der Waals surface area contributed by atoms with Gasteiger partial charge in [-0.2, -0.15) is 0 Å². The molecule has 0 radical (unpaired) electrons. The molecule has 1 aromatic rings. The maximum Gasteiger partial charge on any atom is 0.245 e. The zero-order valence-electron chi connectivity index (χ0n) is 10.7. The average Bonchev–Trinajstić information content (AvgIpc) is 2.46. The lowest BCUT2D eigenvalue weighted by Crippen LogP contribution is -2.54. The van der Waals surface area contributed by atoms with Crippen LogP contribution < -0.4 is 10.6 Å². The fourth-order valence-corrected chi connectivity index (χ4v) is 2.67. The van der Waals surface area contributed by atoms with Gasteiger partial charge in [-0.25, -0.2) is 0 Å². The third-order valence-electron chi connectivity index (χ3n) is 3.70. The van der Waals surface area contributed by atoms with Crippen molar-refractivity contribution in [2.75, 3.05) is 25.0 Å². The van der Waals surface area contributed by atoms with Crippen LogP contribution in [-0.4, -0.2) is 42.4 Å². The zero-order chi connectivity index (χ0) is 13.2. The topological polar surface area (TPSA) is 61.4 Å². The van der Waals surface area contributed by atoms with Crippen molar-refractivity contribution >= 4 is 17.5 Å². The van der Waals surface area contributed by atoms with E-state index in [0.29, 0.717) is 13.1 Å². The Morgan fingerprint density at radius 2 is 2.16 bits per heavy atom. The normalized spacial score (nSPS) is 22.2. The molecule has 0 aromatic heterocycles. The van der Waals surface area contributed by atoms with E-state index in [-0.39, 0.29) is 24.4 Å². The number of piperazine rings is 1. The Labute approximate surface area is 112 Å². The molecule has 2 aliphatic heterocycles. The van der Waals surface area contributed by atoms with Crippen molar-refractivity contribution < 1.29 is 9.59 Å². The van der Waals surface area contributed by atoms with Crippen molar-refractivity contribution in [3.05, 3.63) is 29.8 Å². The lowest BCUT2D eigenvalue weighted by atomic mass is 9.97. The molecule has 0 spiro atoms. The average molecular weight is 259 g/mol. The summed E-state index contributed by atoms with van der Waals surface area (Å²) in [6.07, 6.45) is 1.69. The van der Waals surface area contributed by atoms with Crippen molar-refractivity contribution in [3.8, 4) is 0 Å². The Morgan fingerprint density at radius 3 is 3.00 bits per heavy atom. The number of nitrogens with zero attached hydrogens (tertiary/aromatic N) is 1. The summed E-state index contributed by atoms with van der Waals surface area (Å²) >= 11 is 0. The van der Waals surface area contributed by atoms with Crippen LogP contribution in [0.3, 0.4) is 0 Å². The summed E-state index contributed by atoms with van der Waals surface area (Å²) < 4.78 is 0. The molecule has 2 N–H and O–H groups in total. The third-order valence-corrected chi connectivity index (χ3v) is 3.70. The molecule has 2 heterocycles. The van der Waals surface area contributed by atoms with Crippen molar-refractivity contribution in [1.82, 2.24) is 10.2 Å². The van der Waals surface area contributed by atoms with Gasteiger partial charge in [0.2, 0.25) is 11.8 Å². The lowest BCUT2D eigenvalue weighted by molar-refractivity contribution is -0.138. The summed E-state index contributed by atoms with van der Waals surface area (Å²) in [6, 6.07) is 7.85. The first-order valence-corrected chi connectivity index (χ1v) is 6.64. The number of benzene rings is 1. The number of rotatable bonds is 1. The van der Waals surface area contributed by atoms with Gasteiger partial charge in [-0.15, -0.1) is 0 Å². The SMILES string of the molecule is O=C1CN(C(=O)C2CCc3ccccc3N2)CCN1. The van der Waals surface area contributed by atoms with E-state index in [2.05, 4.69) is 16.7 Å². The molecule has 100 valence electrons. The Bertz CT molecular complexity index is 515. The number of anilines is 1. The van der Waals surface area contributed by atoms with Gasteiger partial charge in [-0.1, -0.05) is 18.2 Å². The maximum atomic E-state index is 12.4. The van der Waals surface area contributed by atoms with Gasteiger partial charge < -0.3 is 15.5 Å². The third kappa shape index (κ3) is 2.41. The van der Waals surface area contributed by atoms with Crippen LogP contribution in [-0.2, 0) is 16.0 Å². The highest BCUT2D eigenvalue weighted by atomic mass is 16.2. The molecule has 1 saturated heterocycles. The number of nitrogens with one attached hydrogen (secondary N) is 2. The largest absolute Gasteiger partial charge is 0.373 e. The summed E-state index contributed by atoms with van der Waals surface area (Å²) in [5.41, 5.74) is 2.29. The molecule has 1 atom stereocenters. The summed E-state index contributed by atoms with van der Waals surface area (Å²) in [7, 11) is 0. The van der Waals surface area contributed by atoms with E-state index in [9.17, 15) is 9.59 Å².